The number of hydrogen-bond donors (Lipinski definition) is 1. The molecule has 17 heavy (non-hydrogen) atoms. The molecule has 5 heteroatoms. The Morgan fingerprint density at radius 3 is 2.65 bits per heavy atom. The minimum absolute atomic E-state index is 0.318. The van der Waals surface area contributed by atoms with Gasteiger partial charge in [0, 0.05) is 27.8 Å². The van der Waals surface area contributed by atoms with E-state index < -0.39 is 0 Å². The Morgan fingerprint density at radius 1 is 1.35 bits per heavy atom. The minimum atomic E-state index is 0.318. The smallest absolute Gasteiger partial charge is 0.160 e. The Hall–Kier alpha value is -1.11. The van der Waals surface area contributed by atoms with E-state index in [9.17, 15) is 0 Å². The van der Waals surface area contributed by atoms with E-state index in [2.05, 4.69) is 46.5 Å². The van der Waals surface area contributed by atoms with Crippen LogP contribution in [0.25, 0.3) is 11.4 Å². The summed E-state index contributed by atoms with van der Waals surface area (Å²) in [6.07, 6.45) is 0. The number of nitrogens with two attached hydrogens (primary N) is 1. The molecule has 1 heterocycles. The molecule has 0 saturated carbocycles. The molecule has 0 spiro atoms. The molecule has 1 aromatic heterocycles. The molecule has 0 aliphatic heterocycles. The van der Waals surface area contributed by atoms with E-state index in [1.807, 2.05) is 25.2 Å². The summed E-state index contributed by atoms with van der Waals surface area (Å²) < 4.78 is 2.93. The van der Waals surface area contributed by atoms with Crippen LogP contribution in [0.15, 0.2) is 18.2 Å². The summed E-state index contributed by atoms with van der Waals surface area (Å²) in [6.45, 7) is 4.16. The van der Waals surface area contributed by atoms with Crippen molar-refractivity contribution in [2.45, 2.75) is 19.8 Å². The summed E-state index contributed by atoms with van der Waals surface area (Å²) in [5, 5.41) is 4.40. The largest absolute Gasteiger partial charge is 0.398 e. The molecule has 2 rings (SSSR count). The highest BCUT2D eigenvalue weighted by Gasteiger charge is 2.14. The number of benzene rings is 1. The zero-order chi connectivity index (χ0) is 12.6. The minimum Gasteiger partial charge on any atom is -0.398 e. The fraction of sp³-hybridized carbons (Fsp3) is 0.333. The van der Waals surface area contributed by atoms with Gasteiger partial charge in [-0.1, -0.05) is 13.8 Å². The maximum absolute atomic E-state index is 5.99. The zero-order valence-electron chi connectivity index (χ0n) is 10.1. The van der Waals surface area contributed by atoms with Crippen molar-refractivity contribution in [2.75, 3.05) is 5.73 Å². The Bertz CT molecular complexity index is 545. The molecule has 4 nitrogen and oxygen atoms in total. The second kappa shape index (κ2) is 4.64. The summed E-state index contributed by atoms with van der Waals surface area (Å²) >= 11 is 2.27. The molecule has 0 bridgehead atoms. The average Bonchev–Trinajstić information content (AvgIpc) is 2.64. The second-order valence-corrected chi connectivity index (χ2v) is 5.55. The van der Waals surface area contributed by atoms with E-state index in [4.69, 9.17) is 5.73 Å². The molecule has 0 aliphatic rings. The van der Waals surface area contributed by atoms with Gasteiger partial charge in [0.25, 0.3) is 0 Å². The number of nitrogen functional groups attached to an aromatic ring is 1. The van der Waals surface area contributed by atoms with E-state index in [1.165, 1.54) is 0 Å². The van der Waals surface area contributed by atoms with Crippen molar-refractivity contribution < 1.29 is 0 Å². The Kier molecular flexibility index (Phi) is 3.37. The molecule has 0 atom stereocenters. The summed E-state index contributed by atoms with van der Waals surface area (Å²) in [6, 6.07) is 5.92. The molecule has 0 radical (unpaired) electrons. The number of halogens is 1. The van der Waals surface area contributed by atoms with Crippen LogP contribution < -0.4 is 5.73 Å². The van der Waals surface area contributed by atoms with Crippen LogP contribution in [0.1, 0.15) is 25.6 Å². The molecular formula is C12H15IN4. The predicted octanol–water partition coefficient (Wildman–Crippen LogP) is 2.79. The van der Waals surface area contributed by atoms with Crippen LogP contribution >= 0.6 is 22.6 Å². The Labute approximate surface area is 114 Å². The van der Waals surface area contributed by atoms with Gasteiger partial charge in [-0.05, 0) is 40.8 Å². The van der Waals surface area contributed by atoms with Crippen molar-refractivity contribution in [3.05, 3.63) is 27.6 Å². The van der Waals surface area contributed by atoms with Gasteiger partial charge in [0.1, 0.15) is 0 Å². The summed E-state index contributed by atoms with van der Waals surface area (Å²) in [5.41, 5.74) is 7.67. The second-order valence-electron chi connectivity index (χ2n) is 4.30. The maximum atomic E-state index is 5.99. The lowest BCUT2D eigenvalue weighted by molar-refractivity contribution is 0.712. The molecule has 2 N–H and O–H groups in total. The van der Waals surface area contributed by atoms with Crippen molar-refractivity contribution in [3.8, 4) is 11.4 Å². The topological polar surface area (TPSA) is 56.7 Å². The van der Waals surface area contributed by atoms with Crippen molar-refractivity contribution in [1.29, 1.82) is 0 Å². The van der Waals surface area contributed by atoms with E-state index in [-0.39, 0.29) is 0 Å². The molecule has 1 aromatic carbocycles. The van der Waals surface area contributed by atoms with Crippen molar-refractivity contribution in [1.82, 2.24) is 14.8 Å². The van der Waals surface area contributed by atoms with Crippen molar-refractivity contribution >= 4 is 28.3 Å². The first-order valence-electron chi connectivity index (χ1n) is 5.45. The molecule has 0 fully saturated rings. The number of nitrogens with zero attached hydrogens (tertiary/aromatic N) is 3. The van der Waals surface area contributed by atoms with E-state index >= 15 is 0 Å². The van der Waals surface area contributed by atoms with E-state index in [0.29, 0.717) is 5.92 Å². The molecule has 0 unspecified atom stereocenters. The van der Waals surface area contributed by atoms with Gasteiger partial charge < -0.3 is 5.73 Å². The van der Waals surface area contributed by atoms with Gasteiger partial charge in [0.15, 0.2) is 11.6 Å². The summed E-state index contributed by atoms with van der Waals surface area (Å²) in [5.74, 6) is 1.99. The van der Waals surface area contributed by atoms with Crippen LogP contribution in [-0.2, 0) is 7.05 Å². The van der Waals surface area contributed by atoms with Gasteiger partial charge in [0.2, 0.25) is 0 Å². The van der Waals surface area contributed by atoms with Crippen LogP contribution in [0.4, 0.5) is 5.69 Å². The number of aryl methyl sites for hydroxylation is 1. The number of rotatable bonds is 2. The maximum Gasteiger partial charge on any atom is 0.160 e. The van der Waals surface area contributed by atoms with Gasteiger partial charge in [-0.25, -0.2) is 9.67 Å². The van der Waals surface area contributed by atoms with Gasteiger partial charge in [0.05, 0.1) is 0 Å². The van der Waals surface area contributed by atoms with Crippen LogP contribution in [0.3, 0.4) is 0 Å². The standard InChI is InChI=1S/C12H15IN4/c1-7(2)11-15-12(17(3)16-11)9-6-8(13)4-5-10(9)14/h4-7H,14H2,1-3H3. The quantitative estimate of drug-likeness (QED) is 0.675. The SMILES string of the molecule is CC(C)c1nc(-c2cc(I)ccc2N)n(C)n1. The van der Waals surface area contributed by atoms with Gasteiger partial charge in [-0.3, -0.25) is 0 Å². The van der Waals surface area contributed by atoms with Crippen molar-refractivity contribution in [3.63, 3.8) is 0 Å². The van der Waals surface area contributed by atoms with Gasteiger partial charge in [-0.15, -0.1) is 0 Å². The Morgan fingerprint density at radius 2 is 2.06 bits per heavy atom. The van der Waals surface area contributed by atoms with Crippen LogP contribution in [0.2, 0.25) is 0 Å². The van der Waals surface area contributed by atoms with Crippen LogP contribution in [0.5, 0.6) is 0 Å². The van der Waals surface area contributed by atoms with Gasteiger partial charge >= 0.3 is 0 Å². The number of anilines is 1. The lowest BCUT2D eigenvalue weighted by Crippen LogP contribution is -1.98. The lowest BCUT2D eigenvalue weighted by atomic mass is 10.1. The predicted molar refractivity (Wildman–Crippen MR) is 77.7 cm³/mol. The van der Waals surface area contributed by atoms with Crippen molar-refractivity contribution in [2.24, 2.45) is 7.05 Å². The van der Waals surface area contributed by atoms with Gasteiger partial charge in [-0.2, -0.15) is 5.10 Å². The van der Waals surface area contributed by atoms with E-state index in [1.54, 1.807) is 4.68 Å². The van der Waals surface area contributed by atoms with E-state index in [0.717, 1.165) is 26.5 Å². The Balaban J connectivity index is 2.56. The normalized spacial score (nSPS) is 11.1. The number of hydrogen-bond acceptors (Lipinski definition) is 3. The third-order valence-electron chi connectivity index (χ3n) is 2.55. The highest BCUT2D eigenvalue weighted by molar-refractivity contribution is 14.1. The first kappa shape index (κ1) is 12.3. The summed E-state index contributed by atoms with van der Waals surface area (Å²) in [7, 11) is 1.90. The molecule has 0 saturated heterocycles. The van der Waals surface area contributed by atoms with Crippen LogP contribution in [0, 0.1) is 3.57 Å². The third kappa shape index (κ3) is 2.43. The molecule has 0 amide bonds. The molecule has 0 aliphatic carbocycles. The molecular weight excluding hydrogens is 327 g/mol. The molecule has 90 valence electrons. The highest BCUT2D eigenvalue weighted by Crippen LogP contribution is 2.26. The first-order chi connectivity index (χ1) is 7.99. The highest BCUT2D eigenvalue weighted by atomic mass is 127. The zero-order valence-corrected chi connectivity index (χ0v) is 12.3. The third-order valence-corrected chi connectivity index (χ3v) is 3.22. The average molecular weight is 342 g/mol. The first-order valence-corrected chi connectivity index (χ1v) is 6.53. The van der Waals surface area contributed by atoms with Crippen LogP contribution in [-0.4, -0.2) is 14.8 Å². The fourth-order valence-electron chi connectivity index (χ4n) is 1.61. The monoisotopic (exact) mass is 342 g/mol. The lowest BCUT2D eigenvalue weighted by Gasteiger charge is -2.04. The molecule has 2 aromatic rings. The fourth-order valence-corrected chi connectivity index (χ4v) is 2.10. The summed E-state index contributed by atoms with van der Waals surface area (Å²) in [4.78, 5) is 4.55. The number of aromatic nitrogens is 3.